The van der Waals surface area contributed by atoms with Crippen LogP contribution >= 0.6 is 11.6 Å². The van der Waals surface area contributed by atoms with Gasteiger partial charge in [-0.25, -0.2) is 0 Å². The average molecular weight is 296 g/mol. The molecule has 2 atom stereocenters. The van der Waals surface area contributed by atoms with Crippen molar-refractivity contribution in [2.45, 2.75) is 50.9 Å². The number of halogens is 1. The fraction of sp³-hybridized carbons (Fsp3) is 0.647. The Bertz CT molecular complexity index is 419. The maximum Gasteiger partial charge on any atom is 0.122 e. The molecule has 1 aromatic carbocycles. The van der Waals surface area contributed by atoms with Gasteiger partial charge in [0.25, 0.3) is 0 Å². The second-order valence-electron chi connectivity index (χ2n) is 5.77. The zero-order valence-corrected chi connectivity index (χ0v) is 13.6. The lowest BCUT2D eigenvalue weighted by Gasteiger charge is -2.36. The lowest BCUT2D eigenvalue weighted by atomic mass is 9.86. The fourth-order valence-corrected chi connectivity index (χ4v) is 3.45. The van der Waals surface area contributed by atoms with Gasteiger partial charge in [-0.2, -0.15) is 0 Å². The second kappa shape index (κ2) is 7.33. The molecule has 1 unspecified atom stereocenters. The Labute approximate surface area is 128 Å². The summed E-state index contributed by atoms with van der Waals surface area (Å²) in [5, 5.41) is 0.209. The first-order valence-corrected chi connectivity index (χ1v) is 8.12. The van der Waals surface area contributed by atoms with Gasteiger partial charge in [-0.15, -0.1) is 11.6 Å². The van der Waals surface area contributed by atoms with Gasteiger partial charge in [0, 0.05) is 18.0 Å². The van der Waals surface area contributed by atoms with E-state index in [1.165, 1.54) is 24.0 Å². The topological polar surface area (TPSA) is 12.5 Å². The highest BCUT2D eigenvalue weighted by molar-refractivity contribution is 6.20. The van der Waals surface area contributed by atoms with Crippen molar-refractivity contribution in [3.8, 4) is 5.75 Å². The molecule has 1 aliphatic carbocycles. The van der Waals surface area contributed by atoms with Gasteiger partial charge in [0.1, 0.15) is 5.75 Å². The smallest absolute Gasteiger partial charge is 0.122 e. The third-order valence-electron chi connectivity index (χ3n) is 4.15. The Balaban J connectivity index is 2.15. The minimum Gasteiger partial charge on any atom is -0.496 e. The summed E-state index contributed by atoms with van der Waals surface area (Å²) in [6, 6.07) is 7.01. The minimum atomic E-state index is 0.209. The van der Waals surface area contributed by atoms with Gasteiger partial charge in [0.2, 0.25) is 0 Å². The van der Waals surface area contributed by atoms with Crippen LogP contribution in [-0.4, -0.2) is 36.5 Å². The molecule has 112 valence electrons. The van der Waals surface area contributed by atoms with Crippen molar-refractivity contribution >= 4 is 11.6 Å². The SMILES string of the molecule is CCCN(CC(C)Cl)[C@@H]1CCc2cccc(OC)c2C1. The van der Waals surface area contributed by atoms with E-state index >= 15 is 0 Å². The molecule has 0 radical (unpaired) electrons. The van der Waals surface area contributed by atoms with Crippen LogP contribution in [0.2, 0.25) is 0 Å². The highest BCUT2D eigenvalue weighted by Crippen LogP contribution is 2.31. The number of alkyl halides is 1. The van der Waals surface area contributed by atoms with Gasteiger partial charge < -0.3 is 4.74 Å². The third-order valence-corrected chi connectivity index (χ3v) is 4.29. The first kappa shape index (κ1) is 15.7. The summed E-state index contributed by atoms with van der Waals surface area (Å²) in [5.41, 5.74) is 2.85. The lowest BCUT2D eigenvalue weighted by Crippen LogP contribution is -2.42. The number of nitrogens with zero attached hydrogens (tertiary/aromatic N) is 1. The van der Waals surface area contributed by atoms with Crippen LogP contribution in [0.3, 0.4) is 0 Å². The fourth-order valence-electron chi connectivity index (χ4n) is 3.27. The Hall–Kier alpha value is -0.730. The first-order valence-electron chi connectivity index (χ1n) is 7.68. The van der Waals surface area contributed by atoms with E-state index in [1.54, 1.807) is 7.11 Å². The van der Waals surface area contributed by atoms with Crippen molar-refractivity contribution in [3.63, 3.8) is 0 Å². The third kappa shape index (κ3) is 3.67. The number of hydrogen-bond acceptors (Lipinski definition) is 2. The molecular weight excluding hydrogens is 270 g/mol. The van der Waals surface area contributed by atoms with Gasteiger partial charge in [-0.1, -0.05) is 19.1 Å². The Morgan fingerprint density at radius 2 is 2.25 bits per heavy atom. The number of fused-ring (bicyclic) bond motifs is 1. The Morgan fingerprint density at radius 3 is 2.90 bits per heavy atom. The highest BCUT2D eigenvalue weighted by atomic mass is 35.5. The van der Waals surface area contributed by atoms with Crippen LogP contribution in [0.4, 0.5) is 0 Å². The van der Waals surface area contributed by atoms with Gasteiger partial charge in [-0.05, 0) is 56.3 Å². The van der Waals surface area contributed by atoms with E-state index in [0.717, 1.165) is 31.7 Å². The van der Waals surface area contributed by atoms with E-state index in [1.807, 2.05) is 0 Å². The van der Waals surface area contributed by atoms with E-state index in [2.05, 4.69) is 36.9 Å². The second-order valence-corrected chi connectivity index (χ2v) is 6.52. The molecule has 0 saturated heterocycles. The van der Waals surface area contributed by atoms with Crippen molar-refractivity contribution in [1.82, 2.24) is 4.90 Å². The molecule has 1 aromatic rings. The molecule has 3 heteroatoms. The standard InChI is InChI=1S/C17H26ClNO/c1-4-10-19(12-13(2)18)15-9-8-14-6-5-7-17(20-3)16(14)11-15/h5-7,13,15H,4,8-12H2,1-3H3/t13?,15-/m1/s1. The normalized spacial score (nSPS) is 19.8. The van der Waals surface area contributed by atoms with Crippen LogP contribution in [0.5, 0.6) is 5.75 Å². The molecule has 0 bridgehead atoms. The molecule has 20 heavy (non-hydrogen) atoms. The van der Waals surface area contributed by atoms with Crippen molar-refractivity contribution in [1.29, 1.82) is 0 Å². The summed E-state index contributed by atoms with van der Waals surface area (Å²) in [6.07, 6.45) is 4.64. The number of ether oxygens (including phenoxy) is 1. The molecule has 0 heterocycles. The van der Waals surface area contributed by atoms with E-state index in [0.29, 0.717) is 6.04 Å². The molecule has 0 aliphatic heterocycles. The van der Waals surface area contributed by atoms with Gasteiger partial charge >= 0.3 is 0 Å². The molecule has 0 N–H and O–H groups in total. The van der Waals surface area contributed by atoms with E-state index < -0.39 is 0 Å². The summed E-state index contributed by atoms with van der Waals surface area (Å²) >= 11 is 6.22. The van der Waals surface area contributed by atoms with Gasteiger partial charge in [0.05, 0.1) is 7.11 Å². The van der Waals surface area contributed by atoms with Crippen molar-refractivity contribution in [2.75, 3.05) is 20.2 Å². The molecular formula is C17H26ClNO. The number of aryl methyl sites for hydroxylation is 1. The monoisotopic (exact) mass is 295 g/mol. The number of benzene rings is 1. The largest absolute Gasteiger partial charge is 0.496 e. The summed E-state index contributed by atoms with van der Waals surface area (Å²) in [6.45, 7) is 6.43. The number of hydrogen-bond donors (Lipinski definition) is 0. The first-order chi connectivity index (χ1) is 9.65. The highest BCUT2D eigenvalue weighted by Gasteiger charge is 2.26. The Kier molecular flexibility index (Phi) is 5.74. The molecule has 2 nitrogen and oxygen atoms in total. The summed E-state index contributed by atoms with van der Waals surface area (Å²) < 4.78 is 5.54. The van der Waals surface area contributed by atoms with Crippen LogP contribution in [0, 0.1) is 0 Å². The van der Waals surface area contributed by atoms with Crippen molar-refractivity contribution in [2.24, 2.45) is 0 Å². The van der Waals surface area contributed by atoms with Crippen LogP contribution in [0.1, 0.15) is 37.8 Å². The molecule has 0 saturated carbocycles. The van der Waals surface area contributed by atoms with Gasteiger partial charge in [-0.3, -0.25) is 4.90 Å². The van der Waals surface area contributed by atoms with E-state index in [4.69, 9.17) is 16.3 Å². The lowest BCUT2D eigenvalue weighted by molar-refractivity contribution is 0.180. The summed E-state index contributed by atoms with van der Waals surface area (Å²) in [7, 11) is 1.77. The zero-order valence-electron chi connectivity index (χ0n) is 12.9. The van der Waals surface area contributed by atoms with E-state index in [9.17, 15) is 0 Å². The maximum atomic E-state index is 6.22. The van der Waals surface area contributed by atoms with Crippen LogP contribution in [0.15, 0.2) is 18.2 Å². The molecule has 0 fully saturated rings. The number of rotatable bonds is 6. The summed E-state index contributed by atoms with van der Waals surface area (Å²) in [5.74, 6) is 1.04. The van der Waals surface area contributed by atoms with E-state index in [-0.39, 0.29) is 5.38 Å². The molecule has 0 aromatic heterocycles. The van der Waals surface area contributed by atoms with Crippen molar-refractivity contribution in [3.05, 3.63) is 29.3 Å². The van der Waals surface area contributed by atoms with Crippen LogP contribution in [0.25, 0.3) is 0 Å². The molecule has 0 spiro atoms. The predicted molar refractivity (Wildman–Crippen MR) is 86.0 cm³/mol. The zero-order chi connectivity index (χ0) is 14.5. The van der Waals surface area contributed by atoms with Crippen molar-refractivity contribution < 1.29 is 4.74 Å². The molecule has 2 rings (SSSR count). The molecule has 1 aliphatic rings. The Morgan fingerprint density at radius 1 is 1.45 bits per heavy atom. The van der Waals surface area contributed by atoms with Gasteiger partial charge in [0.15, 0.2) is 0 Å². The van der Waals surface area contributed by atoms with Crippen LogP contribution < -0.4 is 4.74 Å². The minimum absolute atomic E-state index is 0.209. The predicted octanol–water partition coefficient (Wildman–Crippen LogP) is 3.89. The molecule has 0 amide bonds. The average Bonchev–Trinajstić information content (AvgIpc) is 2.45. The van der Waals surface area contributed by atoms with Crippen LogP contribution in [-0.2, 0) is 12.8 Å². The summed E-state index contributed by atoms with van der Waals surface area (Å²) in [4.78, 5) is 2.56. The quantitative estimate of drug-likeness (QED) is 0.738. The number of methoxy groups -OCH3 is 1. The maximum absolute atomic E-state index is 6.22.